The number of para-hydroxylation sites is 4. The first-order chi connectivity index (χ1) is 23.8. The van der Waals surface area contributed by atoms with Gasteiger partial charge in [0.2, 0.25) is 0 Å². The molecule has 0 unspecified atom stereocenters. The molecule has 2 nitrogen and oxygen atoms in total. The van der Waals surface area contributed by atoms with Gasteiger partial charge in [0.25, 0.3) is 0 Å². The summed E-state index contributed by atoms with van der Waals surface area (Å²) in [6.07, 6.45) is 15.3. The van der Waals surface area contributed by atoms with Crippen LogP contribution in [0.15, 0.2) is 199 Å². The van der Waals surface area contributed by atoms with Crippen LogP contribution in [0.1, 0.15) is 29.5 Å². The van der Waals surface area contributed by atoms with Crippen molar-refractivity contribution in [3.8, 4) is 0 Å². The van der Waals surface area contributed by atoms with Crippen LogP contribution in [0.2, 0.25) is 0 Å². The highest BCUT2D eigenvalue weighted by atomic mass is 15.1. The predicted molar refractivity (Wildman–Crippen MR) is 206 cm³/mol. The van der Waals surface area contributed by atoms with Gasteiger partial charge in [-0.1, -0.05) is 140 Å². The highest BCUT2D eigenvalue weighted by Crippen LogP contribution is 2.35. The standard InChI is InChI=1S/C46H38N2/c1-5-13-41(14-6-1)47(42-15-7-2-8-16-42)45-33-29-39(30-34-45)27-25-37-21-23-38(24-22-37)26-28-40-31-35-46(36-32-40)48(43-17-9-3-10-18-43)44-19-11-4-12-20-44/h1-31,33-35H,32,36H2/b27-25+,28-26+. The van der Waals surface area contributed by atoms with Gasteiger partial charge in [0, 0.05) is 34.1 Å². The highest BCUT2D eigenvalue weighted by Gasteiger charge is 2.16. The predicted octanol–water partition coefficient (Wildman–Crippen LogP) is 12.8. The van der Waals surface area contributed by atoms with Crippen LogP contribution in [-0.2, 0) is 0 Å². The number of hydrogen-bond acceptors (Lipinski definition) is 2. The summed E-state index contributed by atoms with van der Waals surface area (Å²) in [6.45, 7) is 0. The van der Waals surface area contributed by atoms with Gasteiger partial charge in [-0.2, -0.15) is 0 Å². The van der Waals surface area contributed by atoms with E-state index in [1.54, 1.807) is 0 Å². The second-order valence-corrected chi connectivity index (χ2v) is 11.8. The number of anilines is 5. The second-order valence-electron chi connectivity index (χ2n) is 11.8. The molecule has 0 amide bonds. The van der Waals surface area contributed by atoms with Crippen LogP contribution in [0.25, 0.3) is 18.2 Å². The van der Waals surface area contributed by atoms with Crippen molar-refractivity contribution in [3.63, 3.8) is 0 Å². The third-order valence-electron chi connectivity index (χ3n) is 8.55. The number of rotatable bonds is 10. The summed E-state index contributed by atoms with van der Waals surface area (Å²) in [5, 5.41) is 0. The summed E-state index contributed by atoms with van der Waals surface area (Å²) in [6, 6.07) is 59.7. The van der Waals surface area contributed by atoms with E-state index >= 15 is 0 Å². The Kier molecular flexibility index (Phi) is 9.53. The zero-order valence-corrected chi connectivity index (χ0v) is 26.9. The van der Waals surface area contributed by atoms with Crippen LogP contribution in [0, 0.1) is 0 Å². The van der Waals surface area contributed by atoms with Crippen molar-refractivity contribution in [1.82, 2.24) is 0 Å². The van der Waals surface area contributed by atoms with E-state index in [4.69, 9.17) is 0 Å². The minimum absolute atomic E-state index is 0.987. The largest absolute Gasteiger partial charge is 0.314 e. The normalized spacial score (nSPS) is 12.9. The van der Waals surface area contributed by atoms with Gasteiger partial charge in [0.1, 0.15) is 0 Å². The fourth-order valence-electron chi connectivity index (χ4n) is 6.05. The van der Waals surface area contributed by atoms with Gasteiger partial charge in [-0.15, -0.1) is 0 Å². The fourth-order valence-corrected chi connectivity index (χ4v) is 6.05. The van der Waals surface area contributed by atoms with Gasteiger partial charge in [-0.3, -0.25) is 0 Å². The smallest absolute Gasteiger partial charge is 0.0462 e. The van der Waals surface area contributed by atoms with E-state index in [9.17, 15) is 0 Å². The first-order valence-corrected chi connectivity index (χ1v) is 16.6. The topological polar surface area (TPSA) is 6.48 Å². The molecule has 1 aliphatic rings. The Balaban J connectivity index is 1.01. The van der Waals surface area contributed by atoms with Crippen LogP contribution < -0.4 is 9.80 Å². The second kappa shape index (κ2) is 15.0. The van der Waals surface area contributed by atoms with E-state index in [1.807, 2.05) is 0 Å². The lowest BCUT2D eigenvalue weighted by atomic mass is 9.99. The molecule has 0 spiro atoms. The van der Waals surface area contributed by atoms with Crippen LogP contribution in [-0.4, -0.2) is 0 Å². The maximum absolute atomic E-state index is 2.36. The molecule has 0 heterocycles. The van der Waals surface area contributed by atoms with Crippen molar-refractivity contribution < 1.29 is 0 Å². The monoisotopic (exact) mass is 618 g/mol. The van der Waals surface area contributed by atoms with Gasteiger partial charge < -0.3 is 9.80 Å². The zero-order chi connectivity index (χ0) is 32.4. The Hall–Kier alpha value is -6.12. The van der Waals surface area contributed by atoms with Crippen molar-refractivity contribution in [3.05, 3.63) is 216 Å². The molecule has 0 atom stereocenters. The lowest BCUT2D eigenvalue weighted by molar-refractivity contribution is 0.892. The van der Waals surface area contributed by atoms with Crippen LogP contribution in [0.4, 0.5) is 28.4 Å². The van der Waals surface area contributed by atoms with Crippen molar-refractivity contribution in [1.29, 1.82) is 0 Å². The third kappa shape index (κ3) is 7.46. The van der Waals surface area contributed by atoms with Crippen LogP contribution >= 0.6 is 0 Å². The third-order valence-corrected chi connectivity index (χ3v) is 8.55. The lowest BCUT2D eigenvalue weighted by Crippen LogP contribution is -2.17. The summed E-state index contributed by atoms with van der Waals surface area (Å²) in [4.78, 5) is 4.64. The van der Waals surface area contributed by atoms with Crippen molar-refractivity contribution in [2.75, 3.05) is 9.80 Å². The maximum atomic E-state index is 2.36. The van der Waals surface area contributed by atoms with Crippen LogP contribution in [0.5, 0.6) is 0 Å². The minimum atomic E-state index is 0.987. The summed E-state index contributed by atoms with van der Waals surface area (Å²) in [7, 11) is 0. The summed E-state index contributed by atoms with van der Waals surface area (Å²) in [5.74, 6) is 0. The molecule has 48 heavy (non-hydrogen) atoms. The fraction of sp³-hybridized carbons (Fsp3) is 0.0435. The molecule has 6 aromatic carbocycles. The molecular weight excluding hydrogens is 581 g/mol. The maximum Gasteiger partial charge on any atom is 0.0462 e. The van der Waals surface area contributed by atoms with E-state index < -0.39 is 0 Å². The molecule has 7 rings (SSSR count). The first-order valence-electron chi connectivity index (χ1n) is 16.6. The number of allylic oxidation sites excluding steroid dienone is 5. The molecule has 0 aliphatic heterocycles. The Labute approximate surface area is 284 Å². The van der Waals surface area contributed by atoms with Crippen molar-refractivity contribution in [2.24, 2.45) is 0 Å². The van der Waals surface area contributed by atoms with Gasteiger partial charge in [0.05, 0.1) is 0 Å². The van der Waals surface area contributed by atoms with E-state index in [-0.39, 0.29) is 0 Å². The van der Waals surface area contributed by atoms with Gasteiger partial charge in [-0.05, 0) is 102 Å². The minimum Gasteiger partial charge on any atom is -0.314 e. The average molecular weight is 619 g/mol. The molecule has 0 fully saturated rings. The average Bonchev–Trinajstić information content (AvgIpc) is 3.17. The van der Waals surface area contributed by atoms with Gasteiger partial charge in [0.15, 0.2) is 0 Å². The van der Waals surface area contributed by atoms with E-state index in [0.717, 1.165) is 29.9 Å². The quantitative estimate of drug-likeness (QED) is 0.141. The summed E-state index contributed by atoms with van der Waals surface area (Å²) < 4.78 is 0. The molecule has 0 bridgehead atoms. The molecule has 6 aromatic rings. The molecule has 232 valence electrons. The van der Waals surface area contributed by atoms with Crippen LogP contribution in [0.3, 0.4) is 0 Å². The molecule has 2 heteroatoms. The SMILES string of the molecule is C1=C(/C=C/c2ccc(/C=C/c3ccc(N(c4ccccc4)c4ccccc4)cc3)cc2)CCC(N(c2ccccc2)c2ccccc2)=C1. The molecule has 0 radical (unpaired) electrons. The van der Waals surface area contributed by atoms with E-state index in [1.165, 1.54) is 39.3 Å². The molecule has 0 saturated heterocycles. The first kappa shape index (κ1) is 30.5. The Morgan fingerprint density at radius 3 is 1.06 bits per heavy atom. The molecule has 0 saturated carbocycles. The number of nitrogens with zero attached hydrogens (tertiary/aromatic N) is 2. The van der Waals surface area contributed by atoms with E-state index in [0.29, 0.717) is 0 Å². The Morgan fingerprint density at radius 1 is 0.312 bits per heavy atom. The molecule has 0 aromatic heterocycles. The van der Waals surface area contributed by atoms with Gasteiger partial charge >= 0.3 is 0 Å². The molecule has 1 aliphatic carbocycles. The summed E-state index contributed by atoms with van der Waals surface area (Å²) >= 11 is 0. The Bertz CT molecular complexity index is 1940. The lowest BCUT2D eigenvalue weighted by Gasteiger charge is -2.29. The summed E-state index contributed by atoms with van der Waals surface area (Å²) in [5.41, 5.74) is 12.0. The van der Waals surface area contributed by atoms with Gasteiger partial charge in [-0.25, -0.2) is 0 Å². The highest BCUT2D eigenvalue weighted by molar-refractivity contribution is 5.78. The molecule has 0 N–H and O–H groups in total. The van der Waals surface area contributed by atoms with Crippen molar-refractivity contribution in [2.45, 2.75) is 12.8 Å². The number of benzene rings is 6. The van der Waals surface area contributed by atoms with Crippen molar-refractivity contribution >= 4 is 46.7 Å². The Morgan fingerprint density at radius 2 is 0.667 bits per heavy atom. The van der Waals surface area contributed by atoms with E-state index in [2.05, 4.69) is 216 Å². The molecular formula is C46H38N2. The zero-order valence-electron chi connectivity index (χ0n) is 26.9. The number of hydrogen-bond donors (Lipinski definition) is 0.